The molecule has 1 aromatic carbocycles. The van der Waals surface area contributed by atoms with Crippen LogP contribution in [-0.2, 0) is 0 Å². The van der Waals surface area contributed by atoms with Crippen LogP contribution in [0.5, 0.6) is 5.75 Å². The van der Waals surface area contributed by atoms with Crippen molar-refractivity contribution in [1.82, 2.24) is 12.3 Å². The molecule has 12 heavy (non-hydrogen) atoms. The van der Waals surface area contributed by atoms with Crippen LogP contribution in [0.2, 0.25) is 0 Å². The molecule has 0 saturated carbocycles. The highest BCUT2D eigenvalue weighted by atomic mass is 31.2. The van der Waals surface area contributed by atoms with Gasteiger partial charge in [-0.2, -0.15) is 0 Å². The second-order valence-electron chi connectivity index (χ2n) is 1.63. The molecule has 0 aliphatic heterocycles. The smallest absolute Gasteiger partial charge is 0.119 e. The van der Waals surface area contributed by atoms with Gasteiger partial charge in [0.25, 0.3) is 0 Å². The molecule has 0 radical (unpaired) electrons. The van der Waals surface area contributed by atoms with E-state index in [1.54, 1.807) is 30.3 Å². The molecule has 6 heteroatoms. The van der Waals surface area contributed by atoms with E-state index >= 15 is 0 Å². The lowest BCUT2D eigenvalue weighted by Crippen LogP contribution is -2.12. The van der Waals surface area contributed by atoms with Gasteiger partial charge < -0.3 is 26.6 Å². The Bertz CT molecular complexity index is 195. The number of hydrogen-bond donors (Lipinski definition) is 2. The van der Waals surface area contributed by atoms with Gasteiger partial charge in [-0.05, 0) is 12.1 Å². The normalized spacial score (nSPS) is 8.25. The van der Waals surface area contributed by atoms with Crippen LogP contribution in [0.15, 0.2) is 30.3 Å². The summed E-state index contributed by atoms with van der Waals surface area (Å²) in [6.45, 7) is 0. The average Bonchev–Trinajstić information content (AvgIpc) is 1.88. The molecule has 0 atom stereocenters. The maximum Gasteiger partial charge on any atom is 0.119 e. The standard InChI is InChI=1S/C6H5O3P.2H3N/c7-10(8)9-6-4-2-1-3-5-6;;/h1-5H;2*1H3/q-2;;/p+2. The first-order chi connectivity index (χ1) is 4.79. The maximum atomic E-state index is 9.98. The van der Waals surface area contributed by atoms with Gasteiger partial charge in [-0.1, -0.05) is 26.8 Å². The van der Waals surface area contributed by atoms with Crippen LogP contribution in [0, 0.1) is 0 Å². The van der Waals surface area contributed by atoms with Crippen molar-refractivity contribution >= 4 is 8.60 Å². The molecule has 0 unspecified atom stereocenters. The highest BCUT2D eigenvalue weighted by molar-refractivity contribution is 7.36. The molecule has 1 rings (SSSR count). The molecule has 8 N–H and O–H groups in total. The van der Waals surface area contributed by atoms with E-state index in [-0.39, 0.29) is 12.3 Å². The van der Waals surface area contributed by atoms with Crippen molar-refractivity contribution in [2.45, 2.75) is 0 Å². The van der Waals surface area contributed by atoms with E-state index in [1.165, 1.54) is 0 Å². The molecule has 0 saturated heterocycles. The fourth-order valence-electron chi connectivity index (χ4n) is 0.567. The summed E-state index contributed by atoms with van der Waals surface area (Å²) in [6.07, 6.45) is 0. The van der Waals surface area contributed by atoms with E-state index in [2.05, 4.69) is 4.52 Å². The fourth-order valence-corrected chi connectivity index (χ4v) is 0.861. The highest BCUT2D eigenvalue weighted by Crippen LogP contribution is 2.20. The van der Waals surface area contributed by atoms with E-state index in [0.29, 0.717) is 5.75 Å². The summed E-state index contributed by atoms with van der Waals surface area (Å²) in [4.78, 5) is 20.0. The van der Waals surface area contributed by atoms with Crippen molar-refractivity contribution in [3.05, 3.63) is 30.3 Å². The zero-order valence-corrected chi connectivity index (χ0v) is 7.95. The van der Waals surface area contributed by atoms with Gasteiger partial charge in [-0.25, -0.2) is 0 Å². The molecule has 0 aliphatic carbocycles. The number of benzene rings is 1. The number of quaternary nitrogens is 2. The largest absolute Gasteiger partial charge is 0.810 e. The highest BCUT2D eigenvalue weighted by Gasteiger charge is 1.84. The van der Waals surface area contributed by atoms with Gasteiger partial charge in [-0.3, -0.25) is 0 Å². The summed E-state index contributed by atoms with van der Waals surface area (Å²) in [5.74, 6) is 0.346. The Balaban J connectivity index is 0. The lowest BCUT2D eigenvalue weighted by molar-refractivity contribution is -0.310. The quantitative estimate of drug-likeness (QED) is 0.671. The molecule has 0 heterocycles. The third-order valence-electron chi connectivity index (χ3n) is 0.923. The number of hydrogen-bond acceptors (Lipinski definition) is 3. The van der Waals surface area contributed by atoms with E-state index < -0.39 is 8.60 Å². The minimum atomic E-state index is -2.78. The van der Waals surface area contributed by atoms with E-state index in [4.69, 9.17) is 0 Å². The second kappa shape index (κ2) is 6.97. The van der Waals surface area contributed by atoms with Crippen LogP contribution >= 0.6 is 8.60 Å². The van der Waals surface area contributed by atoms with Crippen molar-refractivity contribution in [3.8, 4) is 5.75 Å². The summed E-state index contributed by atoms with van der Waals surface area (Å²) in [6, 6.07) is 8.34. The van der Waals surface area contributed by atoms with Gasteiger partial charge >= 0.3 is 0 Å². The van der Waals surface area contributed by atoms with Gasteiger partial charge in [0.1, 0.15) is 5.75 Å². The van der Waals surface area contributed by atoms with E-state index in [1.807, 2.05) is 0 Å². The Kier molecular flexibility index (Phi) is 8.04. The Morgan fingerprint density at radius 3 is 1.92 bits per heavy atom. The minimum Gasteiger partial charge on any atom is -0.810 e. The summed E-state index contributed by atoms with van der Waals surface area (Å²) in [5.41, 5.74) is 0. The molecular formula is C6H13N2O3P. The van der Waals surface area contributed by atoms with Crippen molar-refractivity contribution < 1.29 is 14.3 Å². The molecule has 70 valence electrons. The molecule has 0 bridgehead atoms. The molecule has 0 spiro atoms. The zero-order chi connectivity index (χ0) is 7.40. The summed E-state index contributed by atoms with van der Waals surface area (Å²) < 4.78 is 4.37. The van der Waals surface area contributed by atoms with E-state index in [9.17, 15) is 9.79 Å². The monoisotopic (exact) mass is 192 g/mol. The van der Waals surface area contributed by atoms with Gasteiger partial charge in [0, 0.05) is 0 Å². The predicted octanol–water partition coefficient (Wildman–Crippen LogP) is 0.765. The van der Waals surface area contributed by atoms with Crippen LogP contribution in [-0.4, -0.2) is 0 Å². The third-order valence-corrected chi connectivity index (χ3v) is 1.28. The Morgan fingerprint density at radius 1 is 1.00 bits per heavy atom. The van der Waals surface area contributed by atoms with Crippen LogP contribution in [0.25, 0.3) is 0 Å². The van der Waals surface area contributed by atoms with Crippen LogP contribution in [0.1, 0.15) is 0 Å². The van der Waals surface area contributed by atoms with Gasteiger partial charge in [0.15, 0.2) is 0 Å². The first kappa shape index (κ1) is 13.9. The van der Waals surface area contributed by atoms with Crippen molar-refractivity contribution in [2.75, 3.05) is 0 Å². The SMILES string of the molecule is [NH4+].[NH4+].[O-]P([O-])Oc1ccccc1. The van der Waals surface area contributed by atoms with Crippen molar-refractivity contribution in [3.63, 3.8) is 0 Å². The Hall–Kier alpha value is -0.710. The van der Waals surface area contributed by atoms with Crippen molar-refractivity contribution in [2.24, 2.45) is 0 Å². The predicted molar refractivity (Wildman–Crippen MR) is 46.0 cm³/mol. The molecule has 1 aromatic rings. The van der Waals surface area contributed by atoms with Crippen molar-refractivity contribution in [1.29, 1.82) is 0 Å². The lowest BCUT2D eigenvalue weighted by atomic mass is 10.3. The Labute approximate surface area is 72.2 Å². The number of rotatable bonds is 2. The van der Waals surface area contributed by atoms with Gasteiger partial charge in [0.05, 0.1) is 0 Å². The van der Waals surface area contributed by atoms with Crippen LogP contribution < -0.4 is 26.6 Å². The van der Waals surface area contributed by atoms with Gasteiger partial charge in [0.2, 0.25) is 0 Å². The summed E-state index contributed by atoms with van der Waals surface area (Å²) in [5, 5.41) is 0. The van der Waals surface area contributed by atoms with Crippen LogP contribution in [0.3, 0.4) is 0 Å². The lowest BCUT2D eigenvalue weighted by Gasteiger charge is -2.29. The first-order valence-electron chi connectivity index (χ1n) is 2.66. The zero-order valence-electron chi connectivity index (χ0n) is 7.06. The number of para-hydroxylation sites is 1. The molecule has 0 amide bonds. The van der Waals surface area contributed by atoms with Gasteiger partial charge in [-0.15, -0.1) is 0 Å². The first-order valence-corrected chi connectivity index (χ1v) is 3.76. The molecule has 0 fully saturated rings. The summed E-state index contributed by atoms with van der Waals surface area (Å²) >= 11 is 0. The Morgan fingerprint density at radius 2 is 1.50 bits per heavy atom. The average molecular weight is 192 g/mol. The topological polar surface area (TPSA) is 128 Å². The van der Waals surface area contributed by atoms with Crippen LogP contribution in [0.4, 0.5) is 0 Å². The summed E-state index contributed by atoms with van der Waals surface area (Å²) in [7, 11) is -2.78. The van der Waals surface area contributed by atoms with E-state index in [0.717, 1.165) is 0 Å². The second-order valence-corrected chi connectivity index (χ2v) is 2.26. The minimum absolute atomic E-state index is 0. The third kappa shape index (κ3) is 5.01. The maximum absolute atomic E-state index is 9.98. The molecule has 5 nitrogen and oxygen atoms in total. The fraction of sp³-hybridized carbons (Fsp3) is 0. The molecular weight excluding hydrogens is 179 g/mol. The molecule has 0 aliphatic rings. The molecule has 0 aromatic heterocycles.